The molecule has 0 saturated carbocycles. The van der Waals surface area contributed by atoms with Crippen LogP contribution in [0.2, 0.25) is 0 Å². The molecule has 100 valence electrons. The molecule has 2 aromatic rings. The molecule has 0 spiro atoms. The second-order valence-electron chi connectivity index (χ2n) is 4.61. The van der Waals surface area contributed by atoms with Crippen LogP contribution in [0.3, 0.4) is 0 Å². The maximum absolute atomic E-state index is 13.2. The van der Waals surface area contributed by atoms with Crippen molar-refractivity contribution >= 4 is 0 Å². The minimum atomic E-state index is -0.219. The third kappa shape index (κ3) is 3.63. The quantitative estimate of drug-likeness (QED) is 0.865. The van der Waals surface area contributed by atoms with Crippen LogP contribution in [0.1, 0.15) is 22.7 Å². The summed E-state index contributed by atoms with van der Waals surface area (Å²) in [5, 5.41) is 12.7. The zero-order valence-electron chi connectivity index (χ0n) is 10.9. The molecule has 1 unspecified atom stereocenters. The number of rotatable bonds is 5. The van der Waals surface area contributed by atoms with Crippen LogP contribution in [0.5, 0.6) is 0 Å². The lowest BCUT2D eigenvalue weighted by Crippen LogP contribution is -2.24. The fourth-order valence-electron chi connectivity index (χ4n) is 2.01. The molecule has 3 heteroatoms. The van der Waals surface area contributed by atoms with E-state index in [4.69, 9.17) is 0 Å². The normalized spacial score (nSPS) is 12.4. The fraction of sp³-hybridized carbons (Fsp3) is 0.250. The van der Waals surface area contributed by atoms with Crippen LogP contribution in [0.25, 0.3) is 0 Å². The van der Waals surface area contributed by atoms with Gasteiger partial charge in [0.1, 0.15) is 5.82 Å². The van der Waals surface area contributed by atoms with Crippen molar-refractivity contribution < 1.29 is 9.50 Å². The van der Waals surface area contributed by atoms with Crippen LogP contribution < -0.4 is 5.32 Å². The van der Waals surface area contributed by atoms with Gasteiger partial charge >= 0.3 is 0 Å². The van der Waals surface area contributed by atoms with Gasteiger partial charge in [0.25, 0.3) is 0 Å². The number of hydrogen-bond acceptors (Lipinski definition) is 2. The average molecular weight is 259 g/mol. The molecule has 19 heavy (non-hydrogen) atoms. The highest BCUT2D eigenvalue weighted by atomic mass is 19.1. The van der Waals surface area contributed by atoms with E-state index < -0.39 is 0 Å². The second-order valence-corrected chi connectivity index (χ2v) is 4.61. The summed E-state index contributed by atoms with van der Waals surface area (Å²) in [6.45, 7) is 2.38. The fourth-order valence-corrected chi connectivity index (χ4v) is 2.01. The van der Waals surface area contributed by atoms with Crippen LogP contribution >= 0.6 is 0 Å². The first-order valence-corrected chi connectivity index (χ1v) is 6.35. The lowest BCUT2D eigenvalue weighted by molar-refractivity contribution is 0.243. The zero-order chi connectivity index (χ0) is 13.7. The first kappa shape index (κ1) is 13.7. The topological polar surface area (TPSA) is 32.3 Å². The van der Waals surface area contributed by atoms with E-state index in [0.29, 0.717) is 12.1 Å². The highest BCUT2D eigenvalue weighted by molar-refractivity contribution is 5.27. The van der Waals surface area contributed by atoms with Gasteiger partial charge in [-0.25, -0.2) is 4.39 Å². The van der Waals surface area contributed by atoms with Gasteiger partial charge in [-0.05, 0) is 29.7 Å². The predicted molar refractivity (Wildman–Crippen MR) is 74.2 cm³/mol. The van der Waals surface area contributed by atoms with Crippen LogP contribution in [0.4, 0.5) is 4.39 Å². The van der Waals surface area contributed by atoms with E-state index in [0.717, 1.165) is 11.1 Å². The van der Waals surface area contributed by atoms with E-state index in [9.17, 15) is 9.50 Å². The molecule has 0 heterocycles. The van der Waals surface area contributed by atoms with Gasteiger partial charge in [0, 0.05) is 6.54 Å². The highest BCUT2D eigenvalue weighted by Crippen LogP contribution is 2.17. The Balaban J connectivity index is 2.05. The molecule has 0 fully saturated rings. The molecule has 2 rings (SSSR count). The number of aryl methyl sites for hydroxylation is 1. The Kier molecular flexibility index (Phi) is 4.66. The Hall–Kier alpha value is -1.71. The number of nitrogens with one attached hydrogen (secondary N) is 1. The van der Waals surface area contributed by atoms with E-state index in [2.05, 4.69) is 5.32 Å². The van der Waals surface area contributed by atoms with Crippen LogP contribution in [0.15, 0.2) is 48.5 Å². The van der Waals surface area contributed by atoms with Crippen LogP contribution in [-0.2, 0) is 6.54 Å². The lowest BCUT2D eigenvalue weighted by atomic mass is 10.0. The van der Waals surface area contributed by atoms with Gasteiger partial charge in [-0.3, -0.25) is 0 Å². The van der Waals surface area contributed by atoms with Gasteiger partial charge in [0.15, 0.2) is 0 Å². The maximum Gasteiger partial charge on any atom is 0.126 e. The summed E-state index contributed by atoms with van der Waals surface area (Å²) < 4.78 is 13.2. The molecule has 0 bridgehead atoms. The van der Waals surface area contributed by atoms with Crippen molar-refractivity contribution in [3.63, 3.8) is 0 Å². The minimum Gasteiger partial charge on any atom is -0.394 e. The van der Waals surface area contributed by atoms with Crippen LogP contribution in [-0.4, -0.2) is 11.7 Å². The number of aliphatic hydroxyl groups excluding tert-OH is 1. The largest absolute Gasteiger partial charge is 0.394 e. The van der Waals surface area contributed by atoms with E-state index >= 15 is 0 Å². The third-order valence-corrected chi connectivity index (χ3v) is 3.16. The average Bonchev–Trinajstić information content (AvgIpc) is 2.44. The second kappa shape index (κ2) is 6.45. The van der Waals surface area contributed by atoms with Gasteiger partial charge in [0.05, 0.1) is 12.6 Å². The molecule has 0 aromatic heterocycles. The molecular formula is C16H18FNO. The molecule has 0 aliphatic rings. The summed E-state index contributed by atoms with van der Waals surface area (Å²) in [6, 6.07) is 14.7. The summed E-state index contributed by atoms with van der Waals surface area (Å²) in [7, 11) is 0. The van der Waals surface area contributed by atoms with Gasteiger partial charge in [-0.1, -0.05) is 42.5 Å². The molecule has 0 aliphatic carbocycles. The Morgan fingerprint density at radius 2 is 1.89 bits per heavy atom. The molecular weight excluding hydrogens is 241 g/mol. The van der Waals surface area contributed by atoms with E-state index in [1.807, 2.05) is 30.3 Å². The highest BCUT2D eigenvalue weighted by Gasteiger charge is 2.11. The first-order valence-electron chi connectivity index (χ1n) is 6.35. The SMILES string of the molecule is Cc1cc(C(CO)NCc2ccccc2)ccc1F. The standard InChI is InChI=1S/C16H18FNO/c1-12-9-14(7-8-15(12)17)16(11-19)18-10-13-5-3-2-4-6-13/h2-9,16,18-19H,10-11H2,1H3. The van der Waals surface area contributed by atoms with Crippen molar-refractivity contribution in [2.75, 3.05) is 6.61 Å². The van der Waals surface area contributed by atoms with E-state index in [1.165, 1.54) is 6.07 Å². The summed E-state index contributed by atoms with van der Waals surface area (Å²) in [5.74, 6) is -0.219. The van der Waals surface area contributed by atoms with Gasteiger partial charge < -0.3 is 10.4 Å². The molecule has 0 radical (unpaired) electrons. The van der Waals surface area contributed by atoms with Crippen molar-refractivity contribution in [2.45, 2.75) is 19.5 Å². The van der Waals surface area contributed by atoms with E-state index in [1.54, 1.807) is 19.1 Å². The monoisotopic (exact) mass is 259 g/mol. The molecule has 2 N–H and O–H groups in total. The van der Waals surface area contributed by atoms with Crippen molar-refractivity contribution in [1.29, 1.82) is 0 Å². The van der Waals surface area contributed by atoms with Gasteiger partial charge in [-0.2, -0.15) is 0 Å². The van der Waals surface area contributed by atoms with Crippen molar-refractivity contribution in [2.24, 2.45) is 0 Å². The maximum atomic E-state index is 13.2. The third-order valence-electron chi connectivity index (χ3n) is 3.16. The van der Waals surface area contributed by atoms with Crippen molar-refractivity contribution in [1.82, 2.24) is 5.32 Å². The summed E-state index contributed by atoms with van der Waals surface area (Å²) in [5.41, 5.74) is 2.65. The molecule has 0 saturated heterocycles. The summed E-state index contributed by atoms with van der Waals surface area (Å²) in [4.78, 5) is 0. The number of halogens is 1. The molecule has 0 amide bonds. The molecule has 2 aromatic carbocycles. The predicted octanol–water partition coefficient (Wildman–Crippen LogP) is 2.96. The molecule has 0 aliphatic heterocycles. The van der Waals surface area contributed by atoms with Crippen molar-refractivity contribution in [3.8, 4) is 0 Å². The van der Waals surface area contributed by atoms with Crippen molar-refractivity contribution in [3.05, 3.63) is 71.0 Å². The summed E-state index contributed by atoms with van der Waals surface area (Å²) >= 11 is 0. The summed E-state index contributed by atoms with van der Waals surface area (Å²) in [6.07, 6.45) is 0. The first-order chi connectivity index (χ1) is 9.20. The molecule has 1 atom stereocenters. The van der Waals surface area contributed by atoms with E-state index in [-0.39, 0.29) is 18.5 Å². The Labute approximate surface area is 112 Å². The van der Waals surface area contributed by atoms with Gasteiger partial charge in [-0.15, -0.1) is 0 Å². The Morgan fingerprint density at radius 1 is 1.16 bits per heavy atom. The zero-order valence-corrected chi connectivity index (χ0v) is 10.9. The number of aliphatic hydroxyl groups is 1. The van der Waals surface area contributed by atoms with Crippen LogP contribution in [0, 0.1) is 12.7 Å². The number of benzene rings is 2. The smallest absolute Gasteiger partial charge is 0.126 e. The van der Waals surface area contributed by atoms with Gasteiger partial charge in [0.2, 0.25) is 0 Å². The Morgan fingerprint density at radius 3 is 2.53 bits per heavy atom. The molecule has 2 nitrogen and oxygen atoms in total. The number of hydrogen-bond donors (Lipinski definition) is 2. The Bertz CT molecular complexity index is 528. The lowest BCUT2D eigenvalue weighted by Gasteiger charge is -2.17. The minimum absolute atomic E-state index is 0.0160.